The standard InChI is InChI=1S/C8H9NO3S/c10-8(11)7-9-5(4-13-7)6-2-1-3-12-6/h4,6H,1-3H2,(H,10,11). The van der Waals surface area contributed by atoms with Gasteiger partial charge in [-0.3, -0.25) is 0 Å². The molecule has 13 heavy (non-hydrogen) atoms. The molecule has 0 amide bonds. The SMILES string of the molecule is O=C(O)c1nc(C2CCCO2)cs1. The number of nitrogens with zero attached hydrogens (tertiary/aromatic N) is 1. The summed E-state index contributed by atoms with van der Waals surface area (Å²) in [6.45, 7) is 0.755. The van der Waals surface area contributed by atoms with E-state index >= 15 is 0 Å². The number of carbonyl (C=O) groups is 1. The number of ether oxygens (including phenoxy) is 1. The van der Waals surface area contributed by atoms with Crippen molar-refractivity contribution in [3.8, 4) is 0 Å². The van der Waals surface area contributed by atoms with Gasteiger partial charge in [0.25, 0.3) is 0 Å². The Morgan fingerprint density at radius 2 is 2.62 bits per heavy atom. The minimum Gasteiger partial charge on any atom is -0.476 e. The number of carboxylic acid groups (broad SMARTS) is 1. The molecule has 1 aromatic heterocycles. The first-order valence-electron chi connectivity index (χ1n) is 4.07. The summed E-state index contributed by atoms with van der Waals surface area (Å²) < 4.78 is 5.38. The lowest BCUT2D eigenvalue weighted by atomic mass is 10.2. The Kier molecular flexibility index (Phi) is 2.28. The van der Waals surface area contributed by atoms with Crippen LogP contribution in [0.5, 0.6) is 0 Å². The molecule has 5 heteroatoms. The van der Waals surface area contributed by atoms with Crippen molar-refractivity contribution in [2.45, 2.75) is 18.9 Å². The maximum atomic E-state index is 10.5. The average Bonchev–Trinajstić information content (AvgIpc) is 2.75. The molecular weight excluding hydrogens is 190 g/mol. The molecule has 0 bridgehead atoms. The zero-order valence-electron chi connectivity index (χ0n) is 6.90. The van der Waals surface area contributed by atoms with Crippen molar-refractivity contribution >= 4 is 17.3 Å². The molecule has 1 saturated heterocycles. The van der Waals surface area contributed by atoms with Gasteiger partial charge < -0.3 is 9.84 Å². The normalized spacial score (nSPS) is 22.0. The van der Waals surface area contributed by atoms with Crippen LogP contribution in [0.1, 0.15) is 34.4 Å². The summed E-state index contributed by atoms with van der Waals surface area (Å²) in [6.07, 6.45) is 2.00. The van der Waals surface area contributed by atoms with Crippen LogP contribution in [0.25, 0.3) is 0 Å². The summed E-state index contributed by atoms with van der Waals surface area (Å²) in [4.78, 5) is 14.5. The van der Waals surface area contributed by atoms with Crippen LogP contribution in [0.4, 0.5) is 0 Å². The van der Waals surface area contributed by atoms with Crippen molar-refractivity contribution in [2.75, 3.05) is 6.61 Å². The molecule has 1 N–H and O–H groups in total. The number of aromatic nitrogens is 1. The van der Waals surface area contributed by atoms with Crippen molar-refractivity contribution in [1.29, 1.82) is 0 Å². The summed E-state index contributed by atoms with van der Waals surface area (Å²) in [7, 11) is 0. The van der Waals surface area contributed by atoms with Gasteiger partial charge in [-0.05, 0) is 12.8 Å². The van der Waals surface area contributed by atoms with Crippen molar-refractivity contribution in [3.63, 3.8) is 0 Å². The fourth-order valence-electron chi connectivity index (χ4n) is 1.34. The molecule has 2 heterocycles. The van der Waals surface area contributed by atoms with E-state index in [-0.39, 0.29) is 11.1 Å². The fourth-order valence-corrected chi connectivity index (χ4v) is 2.04. The van der Waals surface area contributed by atoms with Crippen LogP contribution in [0.15, 0.2) is 5.38 Å². The Morgan fingerprint density at radius 3 is 3.15 bits per heavy atom. The van der Waals surface area contributed by atoms with E-state index in [2.05, 4.69) is 4.98 Å². The van der Waals surface area contributed by atoms with E-state index in [1.54, 1.807) is 5.38 Å². The number of carboxylic acids is 1. The highest BCUT2D eigenvalue weighted by molar-refractivity contribution is 7.11. The zero-order chi connectivity index (χ0) is 9.26. The smallest absolute Gasteiger partial charge is 0.365 e. The van der Waals surface area contributed by atoms with Crippen LogP contribution in [0.2, 0.25) is 0 Å². The highest BCUT2D eigenvalue weighted by Crippen LogP contribution is 2.29. The average molecular weight is 199 g/mol. The molecule has 1 unspecified atom stereocenters. The van der Waals surface area contributed by atoms with Gasteiger partial charge in [-0.15, -0.1) is 11.3 Å². The molecule has 4 nitrogen and oxygen atoms in total. The Bertz CT molecular complexity index is 317. The van der Waals surface area contributed by atoms with Crippen LogP contribution in [-0.4, -0.2) is 22.7 Å². The molecule has 1 aliphatic heterocycles. The van der Waals surface area contributed by atoms with Crippen LogP contribution in [0.3, 0.4) is 0 Å². The van der Waals surface area contributed by atoms with Gasteiger partial charge in [0.15, 0.2) is 0 Å². The molecule has 2 rings (SSSR count). The Morgan fingerprint density at radius 1 is 1.77 bits per heavy atom. The third-order valence-electron chi connectivity index (χ3n) is 1.96. The monoisotopic (exact) mass is 199 g/mol. The highest BCUT2D eigenvalue weighted by atomic mass is 32.1. The summed E-state index contributed by atoms with van der Waals surface area (Å²) in [5.74, 6) is -0.964. The second-order valence-corrected chi connectivity index (χ2v) is 3.74. The molecule has 1 atom stereocenters. The van der Waals surface area contributed by atoms with Crippen molar-refractivity contribution in [2.24, 2.45) is 0 Å². The minimum atomic E-state index is -0.964. The van der Waals surface area contributed by atoms with Crippen LogP contribution in [0, 0.1) is 0 Å². The largest absolute Gasteiger partial charge is 0.476 e. The maximum Gasteiger partial charge on any atom is 0.365 e. The fraction of sp³-hybridized carbons (Fsp3) is 0.500. The molecule has 0 radical (unpaired) electrons. The van der Waals surface area contributed by atoms with Crippen molar-refractivity contribution in [3.05, 3.63) is 16.1 Å². The molecule has 1 fully saturated rings. The highest BCUT2D eigenvalue weighted by Gasteiger charge is 2.21. The second kappa shape index (κ2) is 3.43. The molecule has 1 aromatic rings. The first-order valence-corrected chi connectivity index (χ1v) is 4.95. The molecule has 0 aromatic carbocycles. The van der Waals surface area contributed by atoms with Crippen LogP contribution < -0.4 is 0 Å². The van der Waals surface area contributed by atoms with E-state index in [0.29, 0.717) is 0 Å². The molecule has 0 aliphatic carbocycles. The van der Waals surface area contributed by atoms with Gasteiger partial charge in [0.05, 0.1) is 5.69 Å². The second-order valence-electron chi connectivity index (χ2n) is 2.88. The topological polar surface area (TPSA) is 59.4 Å². The number of thiazole rings is 1. The number of hydrogen-bond donors (Lipinski definition) is 1. The Hall–Kier alpha value is -0.940. The van der Waals surface area contributed by atoms with Gasteiger partial charge in [0, 0.05) is 12.0 Å². The molecule has 0 saturated carbocycles. The third-order valence-corrected chi connectivity index (χ3v) is 2.81. The van der Waals surface area contributed by atoms with E-state index in [1.165, 1.54) is 0 Å². The van der Waals surface area contributed by atoms with Gasteiger partial charge in [0.1, 0.15) is 6.10 Å². The number of rotatable bonds is 2. The molecular formula is C8H9NO3S. The summed E-state index contributed by atoms with van der Waals surface area (Å²) in [5.41, 5.74) is 0.764. The zero-order valence-corrected chi connectivity index (χ0v) is 7.71. The van der Waals surface area contributed by atoms with Crippen LogP contribution in [-0.2, 0) is 4.74 Å². The van der Waals surface area contributed by atoms with Gasteiger partial charge in [0.2, 0.25) is 5.01 Å². The van der Waals surface area contributed by atoms with E-state index in [1.807, 2.05) is 0 Å². The number of hydrogen-bond acceptors (Lipinski definition) is 4. The van der Waals surface area contributed by atoms with Gasteiger partial charge in [-0.25, -0.2) is 9.78 Å². The number of aromatic carboxylic acids is 1. The van der Waals surface area contributed by atoms with Crippen LogP contribution >= 0.6 is 11.3 Å². The lowest BCUT2D eigenvalue weighted by molar-refractivity contribution is 0.0694. The van der Waals surface area contributed by atoms with Gasteiger partial charge in [-0.1, -0.05) is 0 Å². The quantitative estimate of drug-likeness (QED) is 0.787. The molecule has 70 valence electrons. The molecule has 1 aliphatic rings. The third kappa shape index (κ3) is 1.71. The van der Waals surface area contributed by atoms with Crippen molar-refractivity contribution < 1.29 is 14.6 Å². The first kappa shape index (κ1) is 8.65. The van der Waals surface area contributed by atoms with E-state index in [0.717, 1.165) is 36.5 Å². The predicted octanol–water partition coefficient (Wildman–Crippen LogP) is 1.69. The van der Waals surface area contributed by atoms with Crippen molar-refractivity contribution in [1.82, 2.24) is 4.98 Å². The van der Waals surface area contributed by atoms with Gasteiger partial charge >= 0.3 is 5.97 Å². The lowest BCUT2D eigenvalue weighted by Gasteiger charge is -2.03. The summed E-state index contributed by atoms with van der Waals surface area (Å²) >= 11 is 1.15. The lowest BCUT2D eigenvalue weighted by Crippen LogP contribution is -1.99. The Labute approximate surface area is 79.2 Å². The van der Waals surface area contributed by atoms with Gasteiger partial charge in [-0.2, -0.15) is 0 Å². The summed E-state index contributed by atoms with van der Waals surface area (Å²) in [6, 6.07) is 0. The molecule has 0 spiro atoms. The Balaban J connectivity index is 2.16. The van der Waals surface area contributed by atoms with E-state index < -0.39 is 5.97 Å². The predicted molar refractivity (Wildman–Crippen MR) is 47.0 cm³/mol. The van der Waals surface area contributed by atoms with E-state index in [4.69, 9.17) is 9.84 Å². The summed E-state index contributed by atoms with van der Waals surface area (Å²) in [5, 5.41) is 10.6. The first-order chi connectivity index (χ1) is 6.27. The minimum absolute atomic E-state index is 0.0179. The maximum absolute atomic E-state index is 10.5. The van der Waals surface area contributed by atoms with E-state index in [9.17, 15) is 4.79 Å².